The molecule has 8 aromatic rings. The predicted molar refractivity (Wildman–Crippen MR) is 252 cm³/mol. The van der Waals surface area contributed by atoms with Gasteiger partial charge in [0.15, 0.2) is 0 Å². The molecule has 0 saturated heterocycles. The van der Waals surface area contributed by atoms with Crippen molar-refractivity contribution < 1.29 is 14.3 Å². The summed E-state index contributed by atoms with van der Waals surface area (Å²) >= 11 is 0. The number of ether oxygens (including phenoxy) is 2. The van der Waals surface area contributed by atoms with E-state index in [1.165, 1.54) is 5.56 Å². The monoisotopic (exact) mass is 847 g/mol. The third kappa shape index (κ3) is 10.9. The zero-order valence-corrected chi connectivity index (χ0v) is 37.2. The highest BCUT2D eigenvalue weighted by Gasteiger charge is 2.35. The lowest BCUT2D eigenvalue weighted by atomic mass is 9.92. The Labute approximate surface area is 376 Å². The zero-order valence-electron chi connectivity index (χ0n) is 37.2. The summed E-state index contributed by atoms with van der Waals surface area (Å²) in [5.41, 5.74) is 9.99. The van der Waals surface area contributed by atoms with Crippen LogP contribution in [-0.4, -0.2) is 40.5 Å². The number of hydrogen-bond donors (Lipinski definition) is 0. The summed E-state index contributed by atoms with van der Waals surface area (Å²) in [6, 6.07) is 48.0. The van der Waals surface area contributed by atoms with E-state index in [4.69, 9.17) is 24.3 Å². The number of hydrogen-bond acceptors (Lipinski definition) is 10. The second kappa shape index (κ2) is 19.9. The van der Waals surface area contributed by atoms with Crippen molar-refractivity contribution in [2.75, 3.05) is 0 Å². The quantitative estimate of drug-likeness (QED) is 0.0872. The number of hydroxylamine groups is 2. The molecule has 2 unspecified atom stereocenters. The van der Waals surface area contributed by atoms with Gasteiger partial charge < -0.3 is 9.47 Å². The molecular formula is C54H53N7O3. The summed E-state index contributed by atoms with van der Waals surface area (Å²) < 4.78 is 12.8. The van der Waals surface area contributed by atoms with Gasteiger partial charge in [0.05, 0.1) is 51.6 Å². The van der Waals surface area contributed by atoms with E-state index in [1.54, 1.807) is 24.8 Å². The zero-order chi connectivity index (χ0) is 44.5. The molecule has 2 atom stereocenters. The van der Waals surface area contributed by atoms with Gasteiger partial charge >= 0.3 is 0 Å². The predicted octanol–water partition coefficient (Wildman–Crippen LogP) is 12.4. The molecule has 0 aliphatic rings. The van der Waals surface area contributed by atoms with E-state index in [9.17, 15) is 0 Å². The van der Waals surface area contributed by atoms with Crippen LogP contribution >= 0.6 is 0 Å². The molecule has 0 fully saturated rings. The minimum Gasteiger partial charge on any atom is -0.489 e. The second-order valence-electron chi connectivity index (χ2n) is 17.0. The standard InChI is InChI=1S/C54H53N7O3/c1-37(2)53(42-25-21-40(22-26-42)36-63-44-33-51(47-17-9-13-29-57-47)60-52(34-44)48-18-10-14-30-58-48)61(54(4,5)6)64-38(3)41-23-19-39(20-24-41)35-62-43-31-49(45-15-7-11-27-55-45)59-50(32-43)46-16-8-12-28-56-46/h7-34,37-38,53H,35-36H2,1-6H3. The molecule has 0 aliphatic carbocycles. The smallest absolute Gasteiger partial charge is 0.124 e. The van der Waals surface area contributed by atoms with Crippen LogP contribution in [0, 0.1) is 5.92 Å². The maximum Gasteiger partial charge on any atom is 0.124 e. The first-order valence-electron chi connectivity index (χ1n) is 21.7. The summed E-state index contributed by atoms with van der Waals surface area (Å²) in [4.78, 5) is 34.7. The number of rotatable bonds is 16. The molecule has 64 heavy (non-hydrogen) atoms. The van der Waals surface area contributed by atoms with Crippen LogP contribution in [0.4, 0.5) is 0 Å². The van der Waals surface area contributed by atoms with Crippen LogP contribution in [0.5, 0.6) is 11.5 Å². The number of benzene rings is 2. The Morgan fingerprint density at radius 1 is 0.453 bits per heavy atom. The number of aromatic nitrogens is 6. The lowest BCUT2D eigenvalue weighted by molar-refractivity contribution is -0.272. The van der Waals surface area contributed by atoms with Crippen LogP contribution in [0.2, 0.25) is 0 Å². The second-order valence-corrected chi connectivity index (χ2v) is 17.0. The summed E-state index contributed by atoms with van der Waals surface area (Å²) in [7, 11) is 0. The molecule has 0 aliphatic heterocycles. The number of nitrogens with zero attached hydrogens (tertiary/aromatic N) is 7. The third-order valence-corrected chi connectivity index (χ3v) is 10.7. The highest BCUT2D eigenvalue weighted by Crippen LogP contribution is 2.38. The van der Waals surface area contributed by atoms with Crippen LogP contribution < -0.4 is 9.47 Å². The van der Waals surface area contributed by atoms with Crippen LogP contribution in [0.15, 0.2) is 170 Å². The molecular weight excluding hydrogens is 795 g/mol. The molecule has 10 nitrogen and oxygen atoms in total. The van der Waals surface area contributed by atoms with E-state index in [-0.39, 0.29) is 23.6 Å². The van der Waals surface area contributed by atoms with E-state index >= 15 is 0 Å². The fourth-order valence-electron chi connectivity index (χ4n) is 7.45. The van der Waals surface area contributed by atoms with Crippen molar-refractivity contribution in [2.24, 2.45) is 5.92 Å². The first kappa shape index (κ1) is 43.5. The molecule has 6 heterocycles. The molecule has 0 saturated carbocycles. The fraction of sp³-hybridized carbons (Fsp3) is 0.222. The maximum atomic E-state index is 6.93. The normalized spacial score (nSPS) is 12.6. The summed E-state index contributed by atoms with van der Waals surface area (Å²) in [6.45, 7) is 14.0. The first-order valence-corrected chi connectivity index (χ1v) is 21.7. The first-order chi connectivity index (χ1) is 31.1. The van der Waals surface area contributed by atoms with Crippen molar-refractivity contribution in [1.82, 2.24) is 35.0 Å². The van der Waals surface area contributed by atoms with Gasteiger partial charge in [0.2, 0.25) is 0 Å². The lowest BCUT2D eigenvalue weighted by Gasteiger charge is -2.44. The highest BCUT2D eigenvalue weighted by atomic mass is 16.7. The lowest BCUT2D eigenvalue weighted by Crippen LogP contribution is -2.46. The molecule has 6 aromatic heterocycles. The molecule has 0 spiro atoms. The van der Waals surface area contributed by atoms with Gasteiger partial charge in [-0.3, -0.25) is 24.8 Å². The third-order valence-electron chi connectivity index (χ3n) is 10.7. The fourth-order valence-corrected chi connectivity index (χ4v) is 7.45. The van der Waals surface area contributed by atoms with Crippen molar-refractivity contribution in [2.45, 2.75) is 72.4 Å². The van der Waals surface area contributed by atoms with Gasteiger partial charge in [0, 0.05) is 54.6 Å². The molecule has 0 radical (unpaired) electrons. The van der Waals surface area contributed by atoms with Gasteiger partial charge in [-0.05, 0) is 104 Å². The molecule has 10 heteroatoms. The highest BCUT2D eigenvalue weighted by molar-refractivity contribution is 5.66. The average Bonchev–Trinajstić information content (AvgIpc) is 3.33. The average molecular weight is 848 g/mol. The molecule has 8 rings (SSSR count). The van der Waals surface area contributed by atoms with Crippen LogP contribution in [0.25, 0.3) is 45.6 Å². The molecule has 0 N–H and O–H groups in total. The van der Waals surface area contributed by atoms with Crippen molar-refractivity contribution in [3.05, 3.63) is 193 Å². The van der Waals surface area contributed by atoms with Gasteiger partial charge in [-0.1, -0.05) is 86.6 Å². The van der Waals surface area contributed by atoms with Crippen molar-refractivity contribution in [3.63, 3.8) is 0 Å². The van der Waals surface area contributed by atoms with E-state index in [2.05, 4.69) is 115 Å². The Morgan fingerprint density at radius 2 is 0.812 bits per heavy atom. The molecule has 0 amide bonds. The Kier molecular flexibility index (Phi) is 13.5. The summed E-state index contributed by atoms with van der Waals surface area (Å²) in [6.07, 6.45) is 6.85. The SMILES string of the molecule is CC(ON(C(c1ccc(COc2cc(-c3ccccn3)nc(-c3ccccn3)c2)cc1)C(C)C)C(C)(C)C)c1ccc(COc2cc(-c3ccccn3)nc(-c3ccccn3)c2)cc1. The summed E-state index contributed by atoms with van der Waals surface area (Å²) in [5, 5.41) is 2.17. The maximum absolute atomic E-state index is 6.93. The topological polar surface area (TPSA) is 108 Å². The Balaban J connectivity index is 0.941. The van der Waals surface area contributed by atoms with E-state index in [1.807, 2.05) is 97.1 Å². The van der Waals surface area contributed by atoms with Gasteiger partial charge in [0.1, 0.15) is 30.8 Å². The van der Waals surface area contributed by atoms with Gasteiger partial charge in [0.25, 0.3) is 0 Å². The Hall–Kier alpha value is -7.14. The van der Waals surface area contributed by atoms with Crippen molar-refractivity contribution in [1.29, 1.82) is 0 Å². The Morgan fingerprint density at radius 3 is 1.12 bits per heavy atom. The van der Waals surface area contributed by atoms with E-state index < -0.39 is 0 Å². The van der Waals surface area contributed by atoms with Crippen LogP contribution in [0.1, 0.15) is 75.9 Å². The van der Waals surface area contributed by atoms with Crippen LogP contribution in [-0.2, 0) is 18.1 Å². The minimum absolute atomic E-state index is 0.0144. The minimum atomic E-state index is -0.302. The molecule has 0 bridgehead atoms. The largest absolute Gasteiger partial charge is 0.489 e. The Bertz CT molecular complexity index is 2600. The van der Waals surface area contributed by atoms with E-state index in [0.717, 1.165) is 62.2 Å². The van der Waals surface area contributed by atoms with E-state index in [0.29, 0.717) is 24.7 Å². The van der Waals surface area contributed by atoms with Gasteiger partial charge in [-0.25, -0.2) is 9.97 Å². The van der Waals surface area contributed by atoms with Crippen molar-refractivity contribution >= 4 is 0 Å². The van der Waals surface area contributed by atoms with Gasteiger partial charge in [-0.15, -0.1) is 0 Å². The number of pyridine rings is 6. The summed E-state index contributed by atoms with van der Waals surface area (Å²) in [5.74, 6) is 1.64. The van der Waals surface area contributed by atoms with Crippen molar-refractivity contribution in [3.8, 4) is 57.1 Å². The molecule has 322 valence electrons. The molecule has 2 aromatic carbocycles. The van der Waals surface area contributed by atoms with Gasteiger partial charge in [-0.2, -0.15) is 5.06 Å². The van der Waals surface area contributed by atoms with Crippen LogP contribution in [0.3, 0.4) is 0 Å².